The number of pyridine rings is 1. The Hall–Kier alpha value is -3.35. The maximum atomic E-state index is 12.4. The SMILES string of the molecule is O=C(O)CCCC=C(c1cccnc1)c1cccc(NC(=O)COc2ccc(Cl)cc2Cl)c1. The van der Waals surface area contributed by atoms with Crippen LogP contribution in [-0.2, 0) is 9.59 Å². The Morgan fingerprint density at radius 3 is 2.61 bits per heavy atom. The average molecular weight is 485 g/mol. The second-order valence-electron chi connectivity index (χ2n) is 7.14. The van der Waals surface area contributed by atoms with E-state index in [4.69, 9.17) is 33.0 Å². The molecule has 0 aliphatic rings. The third kappa shape index (κ3) is 7.63. The van der Waals surface area contributed by atoms with Crippen LogP contribution in [0.4, 0.5) is 5.69 Å². The third-order valence-electron chi connectivity index (χ3n) is 4.63. The maximum Gasteiger partial charge on any atom is 0.303 e. The average Bonchev–Trinajstić information content (AvgIpc) is 2.79. The molecule has 0 spiro atoms. The van der Waals surface area contributed by atoms with E-state index in [1.807, 2.05) is 36.4 Å². The minimum absolute atomic E-state index is 0.102. The summed E-state index contributed by atoms with van der Waals surface area (Å²) in [5.74, 6) is -0.794. The van der Waals surface area contributed by atoms with E-state index < -0.39 is 5.97 Å². The zero-order valence-corrected chi connectivity index (χ0v) is 19.1. The molecule has 0 saturated heterocycles. The molecule has 1 aromatic heterocycles. The van der Waals surface area contributed by atoms with Gasteiger partial charge < -0.3 is 15.2 Å². The monoisotopic (exact) mass is 484 g/mol. The highest BCUT2D eigenvalue weighted by atomic mass is 35.5. The van der Waals surface area contributed by atoms with E-state index in [2.05, 4.69) is 10.3 Å². The molecule has 0 saturated carbocycles. The number of unbranched alkanes of at least 4 members (excludes halogenated alkanes) is 1. The van der Waals surface area contributed by atoms with Crippen LogP contribution in [0.1, 0.15) is 30.4 Å². The number of carbonyl (C=O) groups is 2. The molecule has 1 heterocycles. The molecule has 8 heteroatoms. The fourth-order valence-corrected chi connectivity index (χ4v) is 3.58. The number of carboxylic acids is 1. The smallest absolute Gasteiger partial charge is 0.303 e. The summed E-state index contributed by atoms with van der Waals surface area (Å²) in [5.41, 5.74) is 3.28. The molecule has 170 valence electrons. The molecule has 2 aromatic carbocycles. The van der Waals surface area contributed by atoms with Crippen LogP contribution in [0.25, 0.3) is 5.57 Å². The normalized spacial score (nSPS) is 11.2. The molecule has 0 atom stereocenters. The summed E-state index contributed by atoms with van der Waals surface area (Å²) in [6, 6.07) is 15.9. The van der Waals surface area contributed by atoms with Gasteiger partial charge in [-0.3, -0.25) is 14.6 Å². The van der Waals surface area contributed by atoms with Crippen LogP contribution in [0.2, 0.25) is 10.0 Å². The largest absolute Gasteiger partial charge is 0.482 e. The summed E-state index contributed by atoms with van der Waals surface area (Å²) in [5, 5.41) is 12.5. The van der Waals surface area contributed by atoms with Gasteiger partial charge in [0.2, 0.25) is 0 Å². The van der Waals surface area contributed by atoms with Gasteiger partial charge in [-0.05, 0) is 60.4 Å². The number of aromatic nitrogens is 1. The van der Waals surface area contributed by atoms with Gasteiger partial charge in [-0.25, -0.2) is 0 Å². The summed E-state index contributed by atoms with van der Waals surface area (Å²) in [7, 11) is 0. The van der Waals surface area contributed by atoms with E-state index in [-0.39, 0.29) is 18.9 Å². The fourth-order valence-electron chi connectivity index (χ4n) is 3.12. The Morgan fingerprint density at radius 1 is 1.06 bits per heavy atom. The molecule has 2 N–H and O–H groups in total. The minimum atomic E-state index is -0.821. The van der Waals surface area contributed by atoms with Gasteiger partial charge in [0.1, 0.15) is 5.75 Å². The number of allylic oxidation sites excluding steroid dienone is 1. The van der Waals surface area contributed by atoms with E-state index >= 15 is 0 Å². The molecular weight excluding hydrogens is 463 g/mol. The molecule has 1 amide bonds. The molecule has 0 aliphatic heterocycles. The quantitative estimate of drug-likeness (QED) is 0.339. The van der Waals surface area contributed by atoms with E-state index in [0.29, 0.717) is 34.3 Å². The molecule has 6 nitrogen and oxygen atoms in total. The number of hydrogen-bond acceptors (Lipinski definition) is 4. The summed E-state index contributed by atoms with van der Waals surface area (Å²) in [4.78, 5) is 27.4. The number of halogens is 2. The van der Waals surface area contributed by atoms with Crippen molar-refractivity contribution in [2.24, 2.45) is 0 Å². The summed E-state index contributed by atoms with van der Waals surface area (Å²) in [6.07, 6.45) is 6.66. The second kappa shape index (κ2) is 12.0. The number of nitrogens with zero attached hydrogens (tertiary/aromatic N) is 1. The van der Waals surface area contributed by atoms with Crippen LogP contribution in [0, 0.1) is 0 Å². The van der Waals surface area contributed by atoms with Crippen molar-refractivity contribution in [3.05, 3.63) is 94.2 Å². The number of nitrogens with one attached hydrogen (secondary N) is 1. The first kappa shape index (κ1) is 24.3. The number of carboxylic acid groups (broad SMARTS) is 1. The Labute approximate surface area is 201 Å². The molecule has 3 aromatic rings. The molecule has 3 rings (SSSR count). The Kier molecular flexibility index (Phi) is 8.87. The lowest BCUT2D eigenvalue weighted by Gasteiger charge is -2.12. The highest BCUT2D eigenvalue weighted by Crippen LogP contribution is 2.28. The van der Waals surface area contributed by atoms with Gasteiger partial charge in [-0.2, -0.15) is 0 Å². The fraction of sp³-hybridized carbons (Fsp3) is 0.160. The molecule has 0 fully saturated rings. The van der Waals surface area contributed by atoms with E-state index in [1.54, 1.807) is 36.7 Å². The first-order valence-electron chi connectivity index (χ1n) is 10.2. The predicted molar refractivity (Wildman–Crippen MR) is 130 cm³/mol. The zero-order valence-electron chi connectivity index (χ0n) is 17.6. The minimum Gasteiger partial charge on any atom is -0.482 e. The molecule has 0 aliphatic carbocycles. The molecule has 0 radical (unpaired) electrons. The van der Waals surface area contributed by atoms with Gasteiger partial charge in [-0.15, -0.1) is 0 Å². The maximum absolute atomic E-state index is 12.4. The van der Waals surface area contributed by atoms with Crippen LogP contribution < -0.4 is 10.1 Å². The second-order valence-corrected chi connectivity index (χ2v) is 7.98. The van der Waals surface area contributed by atoms with Gasteiger partial charge >= 0.3 is 5.97 Å². The Balaban J connectivity index is 1.71. The van der Waals surface area contributed by atoms with Crippen LogP contribution in [-0.4, -0.2) is 28.6 Å². The van der Waals surface area contributed by atoms with Crippen molar-refractivity contribution in [3.63, 3.8) is 0 Å². The van der Waals surface area contributed by atoms with Gasteiger partial charge in [0.15, 0.2) is 6.61 Å². The number of rotatable bonds is 10. The van der Waals surface area contributed by atoms with Crippen molar-refractivity contribution >= 4 is 46.3 Å². The number of hydrogen-bond donors (Lipinski definition) is 2. The topological polar surface area (TPSA) is 88.5 Å². The van der Waals surface area contributed by atoms with Gasteiger partial charge in [-0.1, -0.05) is 47.5 Å². The van der Waals surface area contributed by atoms with Gasteiger partial charge in [0.25, 0.3) is 5.91 Å². The van der Waals surface area contributed by atoms with Crippen LogP contribution in [0.5, 0.6) is 5.75 Å². The number of carbonyl (C=O) groups excluding carboxylic acids is 1. The van der Waals surface area contributed by atoms with Crippen molar-refractivity contribution in [1.82, 2.24) is 4.98 Å². The first-order chi connectivity index (χ1) is 15.9. The Morgan fingerprint density at radius 2 is 1.88 bits per heavy atom. The number of anilines is 1. The lowest BCUT2D eigenvalue weighted by atomic mass is 9.97. The van der Waals surface area contributed by atoms with Crippen molar-refractivity contribution < 1.29 is 19.4 Å². The van der Waals surface area contributed by atoms with Gasteiger partial charge in [0.05, 0.1) is 5.02 Å². The van der Waals surface area contributed by atoms with Crippen LogP contribution in [0.3, 0.4) is 0 Å². The van der Waals surface area contributed by atoms with Crippen LogP contribution in [0.15, 0.2) is 73.1 Å². The number of benzene rings is 2. The Bertz CT molecular complexity index is 1150. The third-order valence-corrected chi connectivity index (χ3v) is 5.16. The highest BCUT2D eigenvalue weighted by molar-refractivity contribution is 6.35. The summed E-state index contributed by atoms with van der Waals surface area (Å²) in [6.45, 7) is -0.216. The number of aliphatic carboxylic acids is 1. The highest BCUT2D eigenvalue weighted by Gasteiger charge is 2.10. The first-order valence-corrected chi connectivity index (χ1v) is 11.0. The van der Waals surface area contributed by atoms with Crippen molar-refractivity contribution in [1.29, 1.82) is 0 Å². The van der Waals surface area contributed by atoms with Crippen molar-refractivity contribution in [2.75, 3.05) is 11.9 Å². The molecule has 0 bridgehead atoms. The lowest BCUT2D eigenvalue weighted by molar-refractivity contribution is -0.137. The van der Waals surface area contributed by atoms with Gasteiger partial charge in [0, 0.05) is 35.1 Å². The van der Waals surface area contributed by atoms with E-state index in [0.717, 1.165) is 16.7 Å². The van der Waals surface area contributed by atoms with Crippen molar-refractivity contribution in [2.45, 2.75) is 19.3 Å². The number of amides is 1. The van der Waals surface area contributed by atoms with Crippen LogP contribution >= 0.6 is 23.2 Å². The van der Waals surface area contributed by atoms with E-state index in [9.17, 15) is 9.59 Å². The van der Waals surface area contributed by atoms with Crippen molar-refractivity contribution in [3.8, 4) is 5.75 Å². The zero-order chi connectivity index (χ0) is 23.6. The summed E-state index contributed by atoms with van der Waals surface area (Å²) >= 11 is 11.9. The number of ether oxygens (including phenoxy) is 1. The standard InChI is InChI=1S/C25H22Cl2N2O4/c26-19-10-11-23(22(27)14-19)33-16-24(30)29-20-7-3-5-17(13-20)21(8-1-2-9-25(31)32)18-6-4-12-28-15-18/h3-8,10-15H,1-2,9,16H2,(H,29,30)(H,31,32). The summed E-state index contributed by atoms with van der Waals surface area (Å²) < 4.78 is 5.49. The molecule has 0 unspecified atom stereocenters. The lowest BCUT2D eigenvalue weighted by Crippen LogP contribution is -2.20. The molecule has 33 heavy (non-hydrogen) atoms. The van der Waals surface area contributed by atoms with E-state index in [1.165, 1.54) is 0 Å². The predicted octanol–water partition coefficient (Wildman–Crippen LogP) is 6.09. The molecular formula is C25H22Cl2N2O4.